The van der Waals surface area contributed by atoms with Crippen LogP contribution in [0.3, 0.4) is 0 Å². The predicted octanol–water partition coefficient (Wildman–Crippen LogP) is 3.28. The van der Waals surface area contributed by atoms with Crippen LogP contribution < -0.4 is 5.32 Å². The van der Waals surface area contributed by atoms with E-state index in [0.29, 0.717) is 5.96 Å². The first kappa shape index (κ1) is 13.2. The Bertz CT molecular complexity index is 679. The average molecular weight is 278 g/mol. The summed E-state index contributed by atoms with van der Waals surface area (Å²) in [4.78, 5) is 16.4. The number of hydrogen-bond acceptors (Lipinski definition) is 3. The molecule has 0 atom stereocenters. The molecule has 5 nitrogen and oxygen atoms in total. The Morgan fingerprint density at radius 1 is 1.26 bits per heavy atom. The van der Waals surface area contributed by atoms with Crippen LogP contribution in [0.5, 0.6) is 0 Å². The molecule has 0 fully saturated rings. The summed E-state index contributed by atoms with van der Waals surface area (Å²) in [6.07, 6.45) is -1.05. The van der Waals surface area contributed by atoms with E-state index in [9.17, 15) is 4.79 Å². The van der Waals surface area contributed by atoms with Crippen molar-refractivity contribution in [1.29, 1.82) is 0 Å². The van der Waals surface area contributed by atoms with Crippen LogP contribution in [0.2, 0.25) is 0 Å². The summed E-state index contributed by atoms with van der Waals surface area (Å²) >= 11 is 0. The molecule has 1 aliphatic heterocycles. The van der Waals surface area contributed by atoms with Crippen LogP contribution in [0.15, 0.2) is 41.4 Å². The molecule has 0 bridgehead atoms. The zero-order valence-corrected chi connectivity index (χ0v) is 10.9. The molecule has 0 saturated heterocycles. The standard InChI is InChI=1S/C13H11N3O2.ClH/c1-16(13(17)18)12-14-9-6-2-4-8-5-3-7-10(15-12)11(8)9;/h2-7H,1H3,(H,14,15)(H,17,18);1H. The van der Waals surface area contributed by atoms with Crippen molar-refractivity contribution >= 4 is 46.6 Å². The summed E-state index contributed by atoms with van der Waals surface area (Å²) in [5.41, 5.74) is 1.66. The maximum absolute atomic E-state index is 11.0. The van der Waals surface area contributed by atoms with Gasteiger partial charge in [0.25, 0.3) is 0 Å². The zero-order chi connectivity index (χ0) is 12.7. The number of guanidine groups is 1. The van der Waals surface area contributed by atoms with Crippen molar-refractivity contribution in [2.24, 2.45) is 4.99 Å². The zero-order valence-electron chi connectivity index (χ0n) is 10.1. The van der Waals surface area contributed by atoms with E-state index in [4.69, 9.17) is 5.11 Å². The monoisotopic (exact) mass is 277 g/mol. The molecule has 0 unspecified atom stereocenters. The van der Waals surface area contributed by atoms with Crippen molar-refractivity contribution in [3.05, 3.63) is 36.4 Å². The van der Waals surface area contributed by atoms with Crippen molar-refractivity contribution in [2.75, 3.05) is 12.4 Å². The second kappa shape index (κ2) is 4.78. The van der Waals surface area contributed by atoms with E-state index in [-0.39, 0.29) is 12.4 Å². The fourth-order valence-electron chi connectivity index (χ4n) is 2.03. The van der Waals surface area contributed by atoms with Crippen LogP contribution in [0.1, 0.15) is 0 Å². The molecule has 1 aliphatic rings. The van der Waals surface area contributed by atoms with Crippen LogP contribution in [0.4, 0.5) is 16.2 Å². The first-order chi connectivity index (χ1) is 8.66. The summed E-state index contributed by atoms with van der Waals surface area (Å²) in [5.74, 6) is 0.314. The highest BCUT2D eigenvalue weighted by molar-refractivity contribution is 6.15. The third kappa shape index (κ3) is 2.08. The number of halogens is 1. The smallest absolute Gasteiger partial charge is 0.413 e. The van der Waals surface area contributed by atoms with Crippen molar-refractivity contribution in [3.63, 3.8) is 0 Å². The molecule has 98 valence electrons. The summed E-state index contributed by atoms with van der Waals surface area (Å²) in [6, 6.07) is 11.6. The highest BCUT2D eigenvalue weighted by atomic mass is 35.5. The number of nitrogens with one attached hydrogen (secondary N) is 1. The quantitative estimate of drug-likeness (QED) is 0.777. The Morgan fingerprint density at radius 2 is 1.95 bits per heavy atom. The van der Waals surface area contributed by atoms with Crippen molar-refractivity contribution in [3.8, 4) is 0 Å². The van der Waals surface area contributed by atoms with Gasteiger partial charge in [0.05, 0.1) is 11.4 Å². The Labute approximate surface area is 116 Å². The van der Waals surface area contributed by atoms with Crippen LogP contribution in [-0.2, 0) is 0 Å². The highest BCUT2D eigenvalue weighted by Gasteiger charge is 2.19. The molecule has 19 heavy (non-hydrogen) atoms. The number of hydrogen-bond donors (Lipinski definition) is 2. The van der Waals surface area contributed by atoms with Crippen molar-refractivity contribution < 1.29 is 9.90 Å². The first-order valence-electron chi connectivity index (χ1n) is 5.51. The lowest BCUT2D eigenvalue weighted by atomic mass is 10.1. The summed E-state index contributed by atoms with van der Waals surface area (Å²) in [6.45, 7) is 0. The van der Waals surface area contributed by atoms with E-state index in [2.05, 4.69) is 10.3 Å². The van der Waals surface area contributed by atoms with Gasteiger partial charge in [0.15, 0.2) is 0 Å². The van der Waals surface area contributed by atoms with Gasteiger partial charge in [0.1, 0.15) is 0 Å². The molecule has 6 heteroatoms. The van der Waals surface area contributed by atoms with Crippen LogP contribution in [0, 0.1) is 0 Å². The molecule has 2 aromatic rings. The largest absolute Gasteiger partial charge is 0.465 e. The number of amides is 1. The Hall–Kier alpha value is -2.27. The number of carbonyl (C=O) groups is 1. The van der Waals surface area contributed by atoms with E-state index < -0.39 is 6.09 Å². The van der Waals surface area contributed by atoms with Crippen molar-refractivity contribution in [1.82, 2.24) is 4.90 Å². The molecule has 0 aliphatic carbocycles. The Balaban J connectivity index is 0.00000133. The second-order valence-electron chi connectivity index (χ2n) is 4.08. The number of benzene rings is 2. The lowest BCUT2D eigenvalue weighted by Gasteiger charge is -2.22. The molecule has 0 saturated carbocycles. The Morgan fingerprint density at radius 3 is 2.63 bits per heavy atom. The van der Waals surface area contributed by atoms with Gasteiger partial charge >= 0.3 is 6.09 Å². The number of nitrogens with zero attached hydrogens (tertiary/aromatic N) is 2. The van der Waals surface area contributed by atoms with Gasteiger partial charge in [-0.05, 0) is 17.5 Å². The first-order valence-corrected chi connectivity index (χ1v) is 5.51. The van der Waals surface area contributed by atoms with Gasteiger partial charge in [0.2, 0.25) is 5.96 Å². The topological polar surface area (TPSA) is 64.9 Å². The number of rotatable bonds is 0. The summed E-state index contributed by atoms with van der Waals surface area (Å²) < 4.78 is 0. The molecule has 1 amide bonds. The van der Waals surface area contributed by atoms with Gasteiger partial charge in [-0.15, -0.1) is 12.4 Å². The number of aliphatic imine (C=N–C) groups is 1. The fourth-order valence-corrected chi connectivity index (χ4v) is 2.03. The second-order valence-corrected chi connectivity index (χ2v) is 4.08. The lowest BCUT2D eigenvalue weighted by Crippen LogP contribution is -2.37. The molecule has 3 rings (SSSR count). The maximum atomic E-state index is 11.0. The molecular formula is C13H12ClN3O2. The van der Waals surface area contributed by atoms with Gasteiger partial charge < -0.3 is 10.4 Å². The Kier molecular flexibility index (Phi) is 3.31. The minimum atomic E-state index is -1.05. The molecular weight excluding hydrogens is 266 g/mol. The SMILES string of the molecule is CN(C(=O)O)C1=Nc2cccc3cccc(c23)N1.Cl. The predicted molar refractivity (Wildman–Crippen MR) is 77.7 cm³/mol. The number of carboxylic acid groups (broad SMARTS) is 1. The fraction of sp³-hybridized carbons (Fsp3) is 0.0769. The maximum Gasteiger partial charge on any atom is 0.413 e. The average Bonchev–Trinajstić information content (AvgIpc) is 2.38. The highest BCUT2D eigenvalue weighted by Crippen LogP contribution is 2.35. The van der Waals surface area contributed by atoms with E-state index in [1.54, 1.807) is 0 Å². The molecule has 0 spiro atoms. The molecule has 0 radical (unpaired) electrons. The van der Waals surface area contributed by atoms with Gasteiger partial charge in [-0.25, -0.2) is 9.79 Å². The van der Waals surface area contributed by atoms with E-state index >= 15 is 0 Å². The van der Waals surface area contributed by atoms with E-state index in [1.165, 1.54) is 7.05 Å². The van der Waals surface area contributed by atoms with Crippen LogP contribution in [0.25, 0.3) is 10.8 Å². The third-order valence-corrected chi connectivity index (χ3v) is 2.96. The van der Waals surface area contributed by atoms with E-state index in [1.807, 2.05) is 36.4 Å². The van der Waals surface area contributed by atoms with Crippen LogP contribution in [-0.4, -0.2) is 29.1 Å². The van der Waals surface area contributed by atoms with Gasteiger partial charge in [-0.2, -0.15) is 0 Å². The van der Waals surface area contributed by atoms with Gasteiger partial charge in [0, 0.05) is 12.4 Å². The summed E-state index contributed by atoms with van der Waals surface area (Å²) in [5, 5.41) is 14.1. The minimum absolute atomic E-state index is 0. The normalized spacial score (nSPS) is 12.2. The van der Waals surface area contributed by atoms with Gasteiger partial charge in [-0.3, -0.25) is 4.90 Å². The van der Waals surface area contributed by atoms with Crippen molar-refractivity contribution in [2.45, 2.75) is 0 Å². The van der Waals surface area contributed by atoms with Gasteiger partial charge in [-0.1, -0.05) is 24.3 Å². The third-order valence-electron chi connectivity index (χ3n) is 2.96. The molecule has 2 N–H and O–H groups in total. The molecule has 0 aromatic heterocycles. The van der Waals surface area contributed by atoms with Crippen LogP contribution >= 0.6 is 12.4 Å². The number of anilines is 1. The minimum Gasteiger partial charge on any atom is -0.465 e. The molecule has 2 aromatic carbocycles. The summed E-state index contributed by atoms with van der Waals surface area (Å²) in [7, 11) is 1.46. The lowest BCUT2D eigenvalue weighted by molar-refractivity contribution is 0.175. The molecule has 1 heterocycles. The van der Waals surface area contributed by atoms with E-state index in [0.717, 1.165) is 27.0 Å².